The third kappa shape index (κ3) is 7.34. The van der Waals surface area contributed by atoms with Crippen LogP contribution < -0.4 is 5.32 Å². The molecule has 0 spiro atoms. The van der Waals surface area contributed by atoms with Crippen LogP contribution in [-0.2, 0) is 16.0 Å². The second-order valence-corrected chi connectivity index (χ2v) is 5.89. The zero-order chi connectivity index (χ0) is 15.6. The molecule has 0 aromatic heterocycles. The fourth-order valence-electron chi connectivity index (χ4n) is 2.83. The largest absolute Gasteiger partial charge is 0.378 e. The molecule has 0 atom stereocenters. The number of halogens is 1. The van der Waals surface area contributed by atoms with Gasteiger partial charge in [-0.3, -0.25) is 4.79 Å². The topological polar surface area (TPSA) is 41.6 Å². The molecule has 5 heteroatoms. The highest BCUT2D eigenvalue weighted by atomic mass is 35.5. The lowest BCUT2D eigenvalue weighted by molar-refractivity contribution is -0.133. The first kappa shape index (κ1) is 19.9. The van der Waals surface area contributed by atoms with Gasteiger partial charge in [0, 0.05) is 19.5 Å². The van der Waals surface area contributed by atoms with E-state index >= 15 is 0 Å². The number of carbonyl (C=O) groups excluding carboxylic acids is 1. The summed E-state index contributed by atoms with van der Waals surface area (Å²) in [7, 11) is 1.92. The highest BCUT2D eigenvalue weighted by Gasteiger charge is 2.22. The summed E-state index contributed by atoms with van der Waals surface area (Å²) in [5.41, 5.74) is 1.32. The lowest BCUT2D eigenvalue weighted by atomic mass is 10.1. The number of likely N-dealkylation sites (tertiary alicyclic amines) is 1. The lowest BCUT2D eigenvalue weighted by Gasteiger charge is -2.32. The van der Waals surface area contributed by atoms with Crippen molar-refractivity contribution in [1.82, 2.24) is 10.2 Å². The van der Waals surface area contributed by atoms with E-state index in [1.807, 2.05) is 18.0 Å². The molecule has 0 radical (unpaired) electrons. The van der Waals surface area contributed by atoms with Crippen LogP contribution in [0.15, 0.2) is 30.3 Å². The van der Waals surface area contributed by atoms with Crippen molar-refractivity contribution in [3.05, 3.63) is 35.9 Å². The molecule has 2 rings (SSSR count). The van der Waals surface area contributed by atoms with Crippen molar-refractivity contribution >= 4 is 18.3 Å². The van der Waals surface area contributed by atoms with Crippen LogP contribution in [0.5, 0.6) is 0 Å². The minimum absolute atomic E-state index is 0. The number of hydrogen-bond donors (Lipinski definition) is 1. The van der Waals surface area contributed by atoms with Crippen LogP contribution in [0, 0.1) is 0 Å². The van der Waals surface area contributed by atoms with Crippen LogP contribution in [0.4, 0.5) is 0 Å². The van der Waals surface area contributed by atoms with Gasteiger partial charge in [0.1, 0.15) is 0 Å². The molecule has 1 amide bonds. The minimum Gasteiger partial charge on any atom is -0.378 e. The van der Waals surface area contributed by atoms with Crippen LogP contribution in [-0.4, -0.2) is 50.2 Å². The van der Waals surface area contributed by atoms with Gasteiger partial charge in [0.2, 0.25) is 5.91 Å². The van der Waals surface area contributed by atoms with E-state index in [0.717, 1.165) is 51.9 Å². The number of rotatable bonds is 8. The first-order chi connectivity index (χ1) is 10.8. The molecule has 1 aliphatic rings. The van der Waals surface area contributed by atoms with Crippen LogP contribution in [0.25, 0.3) is 0 Å². The number of nitrogens with zero attached hydrogens (tertiary/aromatic N) is 1. The van der Waals surface area contributed by atoms with Crippen molar-refractivity contribution in [3.8, 4) is 0 Å². The van der Waals surface area contributed by atoms with Gasteiger partial charge in [-0.05, 0) is 44.8 Å². The van der Waals surface area contributed by atoms with E-state index in [-0.39, 0.29) is 18.3 Å². The molecule has 23 heavy (non-hydrogen) atoms. The van der Waals surface area contributed by atoms with Crippen molar-refractivity contribution in [2.45, 2.75) is 38.2 Å². The lowest BCUT2D eigenvalue weighted by Crippen LogP contribution is -2.41. The predicted octanol–water partition coefficient (Wildman–Crippen LogP) is 2.66. The van der Waals surface area contributed by atoms with Crippen LogP contribution in [0.1, 0.15) is 31.2 Å². The molecule has 1 fully saturated rings. The van der Waals surface area contributed by atoms with E-state index in [0.29, 0.717) is 12.5 Å². The van der Waals surface area contributed by atoms with Gasteiger partial charge in [-0.15, -0.1) is 12.4 Å². The molecule has 1 N–H and O–H groups in total. The Labute approximate surface area is 146 Å². The highest BCUT2D eigenvalue weighted by Crippen LogP contribution is 2.15. The zero-order valence-corrected chi connectivity index (χ0v) is 14.8. The third-order valence-electron chi connectivity index (χ3n) is 4.20. The van der Waals surface area contributed by atoms with Crippen LogP contribution in [0.2, 0.25) is 0 Å². The van der Waals surface area contributed by atoms with Gasteiger partial charge in [-0.2, -0.15) is 0 Å². The van der Waals surface area contributed by atoms with Gasteiger partial charge >= 0.3 is 0 Å². The minimum atomic E-state index is 0. The molecule has 1 saturated heterocycles. The Morgan fingerprint density at radius 2 is 1.96 bits per heavy atom. The van der Waals surface area contributed by atoms with E-state index in [1.54, 1.807) is 0 Å². The first-order valence-electron chi connectivity index (χ1n) is 8.37. The van der Waals surface area contributed by atoms with Gasteiger partial charge in [0.05, 0.1) is 12.7 Å². The summed E-state index contributed by atoms with van der Waals surface area (Å²) in [5.74, 6) is 0.290. The third-order valence-corrected chi connectivity index (χ3v) is 4.20. The molecule has 1 aromatic rings. The van der Waals surface area contributed by atoms with Crippen molar-refractivity contribution in [1.29, 1.82) is 0 Å². The Hall–Kier alpha value is -1.10. The van der Waals surface area contributed by atoms with Crippen molar-refractivity contribution in [2.24, 2.45) is 0 Å². The number of nitrogens with one attached hydrogen (secondary N) is 1. The maximum atomic E-state index is 12.0. The Balaban J connectivity index is 0.00000264. The number of carbonyl (C=O) groups is 1. The van der Waals surface area contributed by atoms with Gasteiger partial charge in [-0.1, -0.05) is 30.3 Å². The zero-order valence-electron chi connectivity index (χ0n) is 14.0. The molecular formula is C18H29ClN2O2. The second-order valence-electron chi connectivity index (χ2n) is 5.89. The molecule has 130 valence electrons. The quantitative estimate of drug-likeness (QED) is 0.740. The summed E-state index contributed by atoms with van der Waals surface area (Å²) in [6.45, 7) is 3.36. The molecular weight excluding hydrogens is 312 g/mol. The second kappa shape index (κ2) is 11.4. The average Bonchev–Trinajstić information content (AvgIpc) is 2.56. The van der Waals surface area contributed by atoms with Gasteiger partial charge < -0.3 is 15.0 Å². The first-order valence-corrected chi connectivity index (χ1v) is 8.37. The smallest absolute Gasteiger partial charge is 0.222 e. The van der Waals surface area contributed by atoms with Gasteiger partial charge in [-0.25, -0.2) is 0 Å². The van der Waals surface area contributed by atoms with Crippen molar-refractivity contribution < 1.29 is 9.53 Å². The summed E-state index contributed by atoms with van der Waals surface area (Å²) in [4.78, 5) is 14.0. The van der Waals surface area contributed by atoms with Crippen molar-refractivity contribution in [3.63, 3.8) is 0 Å². The summed E-state index contributed by atoms with van der Waals surface area (Å²) in [5, 5.41) is 3.08. The van der Waals surface area contributed by atoms with Crippen LogP contribution in [0.3, 0.4) is 0 Å². The molecule has 0 saturated carbocycles. The molecule has 0 bridgehead atoms. The maximum absolute atomic E-state index is 12.0. The van der Waals surface area contributed by atoms with E-state index in [2.05, 4.69) is 29.6 Å². The molecule has 1 aromatic carbocycles. The van der Waals surface area contributed by atoms with Gasteiger partial charge in [0.15, 0.2) is 0 Å². The monoisotopic (exact) mass is 340 g/mol. The Bertz CT molecular complexity index is 434. The molecule has 0 unspecified atom stereocenters. The highest BCUT2D eigenvalue weighted by molar-refractivity contribution is 5.85. The van der Waals surface area contributed by atoms with Crippen molar-refractivity contribution in [2.75, 3.05) is 33.3 Å². The molecule has 4 nitrogen and oxygen atoms in total. The predicted molar refractivity (Wildman–Crippen MR) is 96.1 cm³/mol. The van der Waals surface area contributed by atoms with Gasteiger partial charge in [0.25, 0.3) is 0 Å². The molecule has 0 aliphatic carbocycles. The normalized spacial score (nSPS) is 15.3. The molecule has 1 aliphatic heterocycles. The number of hydrogen-bond acceptors (Lipinski definition) is 3. The summed E-state index contributed by atoms with van der Waals surface area (Å²) in [6, 6.07) is 10.4. The molecule has 1 heterocycles. The van der Waals surface area contributed by atoms with E-state index in [1.165, 1.54) is 5.56 Å². The summed E-state index contributed by atoms with van der Waals surface area (Å²) >= 11 is 0. The number of amides is 1. The standard InChI is InChI=1S/C18H28N2O2.ClH/c1-19-12-5-8-18(21)20-13-9-17(10-14-20)22-15-11-16-6-3-2-4-7-16;/h2-4,6-7,17,19H,5,8-15H2,1H3;1H. The maximum Gasteiger partial charge on any atom is 0.222 e. The Morgan fingerprint density at radius 1 is 1.26 bits per heavy atom. The van der Waals surface area contributed by atoms with Crippen LogP contribution >= 0.6 is 12.4 Å². The van der Waals surface area contributed by atoms with E-state index in [4.69, 9.17) is 4.74 Å². The van der Waals surface area contributed by atoms with E-state index < -0.39 is 0 Å². The number of ether oxygens (including phenoxy) is 1. The average molecular weight is 341 g/mol. The number of benzene rings is 1. The summed E-state index contributed by atoms with van der Waals surface area (Å²) < 4.78 is 5.97. The Morgan fingerprint density at radius 3 is 2.61 bits per heavy atom. The SMILES string of the molecule is CNCCCC(=O)N1CCC(OCCc2ccccc2)CC1.Cl. The number of piperidine rings is 1. The fraction of sp³-hybridized carbons (Fsp3) is 0.611. The fourth-order valence-corrected chi connectivity index (χ4v) is 2.83. The summed E-state index contributed by atoms with van der Waals surface area (Å²) in [6.07, 6.45) is 4.77. The van der Waals surface area contributed by atoms with E-state index in [9.17, 15) is 4.79 Å². The Kier molecular flexibility index (Phi) is 9.92.